The van der Waals surface area contributed by atoms with Crippen LogP contribution in [0.4, 0.5) is 10.1 Å². The van der Waals surface area contributed by atoms with Crippen molar-refractivity contribution in [1.82, 2.24) is 9.78 Å². The molecular weight excluding hydrogens is 333 g/mol. The van der Waals surface area contributed by atoms with E-state index in [2.05, 4.69) is 5.10 Å². The molecule has 0 radical (unpaired) electrons. The summed E-state index contributed by atoms with van der Waals surface area (Å²) >= 11 is 6.22. The van der Waals surface area contributed by atoms with Gasteiger partial charge in [-0.1, -0.05) is 11.6 Å². The highest BCUT2D eigenvalue weighted by atomic mass is 35.5. The van der Waals surface area contributed by atoms with Crippen LogP contribution in [0.5, 0.6) is 5.75 Å². The standard InChI is InChI=1S/C17H21ClFN3O2/c1-17(2,3)22-16(23)15(18)14(11-20-22)21(4)9-10-24-13-7-5-12(19)6-8-13/h5-8,11H,9-10H2,1-4H3. The Morgan fingerprint density at radius 1 is 1.29 bits per heavy atom. The number of halogens is 2. The normalized spacial score (nSPS) is 11.4. The lowest BCUT2D eigenvalue weighted by atomic mass is 10.1. The smallest absolute Gasteiger partial charge is 0.288 e. The molecule has 0 amide bonds. The molecule has 1 heterocycles. The fourth-order valence-corrected chi connectivity index (χ4v) is 2.39. The summed E-state index contributed by atoms with van der Waals surface area (Å²) in [6.07, 6.45) is 1.58. The molecule has 130 valence electrons. The minimum atomic E-state index is -0.441. The van der Waals surface area contributed by atoms with Gasteiger partial charge in [-0.3, -0.25) is 4.79 Å². The summed E-state index contributed by atoms with van der Waals surface area (Å²) in [5.74, 6) is 0.272. The maximum Gasteiger partial charge on any atom is 0.288 e. The van der Waals surface area contributed by atoms with Crippen LogP contribution in [0, 0.1) is 5.82 Å². The zero-order valence-corrected chi connectivity index (χ0v) is 15.0. The van der Waals surface area contributed by atoms with E-state index < -0.39 is 5.54 Å². The molecule has 1 aromatic heterocycles. The number of anilines is 1. The number of likely N-dealkylation sites (N-methyl/N-ethyl adjacent to an activating group) is 1. The van der Waals surface area contributed by atoms with Gasteiger partial charge in [-0.25, -0.2) is 9.07 Å². The van der Waals surface area contributed by atoms with Crippen molar-refractivity contribution in [1.29, 1.82) is 0 Å². The second kappa shape index (κ2) is 7.21. The van der Waals surface area contributed by atoms with Crippen molar-refractivity contribution in [2.45, 2.75) is 26.3 Å². The molecule has 2 aromatic rings. The third kappa shape index (κ3) is 4.26. The summed E-state index contributed by atoms with van der Waals surface area (Å²) < 4.78 is 19.7. The molecule has 0 aliphatic rings. The first-order valence-electron chi connectivity index (χ1n) is 7.58. The number of aromatic nitrogens is 2. The number of benzene rings is 1. The molecule has 24 heavy (non-hydrogen) atoms. The van der Waals surface area contributed by atoms with Crippen molar-refractivity contribution in [3.63, 3.8) is 0 Å². The summed E-state index contributed by atoms with van der Waals surface area (Å²) in [6.45, 7) is 6.52. The molecule has 0 unspecified atom stereocenters. The minimum absolute atomic E-state index is 0.129. The van der Waals surface area contributed by atoms with Crippen molar-refractivity contribution in [2.75, 3.05) is 25.1 Å². The van der Waals surface area contributed by atoms with E-state index in [-0.39, 0.29) is 16.4 Å². The molecule has 0 N–H and O–H groups in total. The number of ether oxygens (including phenoxy) is 1. The maximum absolute atomic E-state index is 12.8. The quantitative estimate of drug-likeness (QED) is 0.827. The highest BCUT2D eigenvalue weighted by molar-refractivity contribution is 6.33. The Balaban J connectivity index is 2.04. The summed E-state index contributed by atoms with van der Waals surface area (Å²) in [4.78, 5) is 14.1. The Bertz CT molecular complexity index is 754. The lowest BCUT2D eigenvalue weighted by Gasteiger charge is -2.24. The van der Waals surface area contributed by atoms with Crippen LogP contribution in [-0.2, 0) is 5.54 Å². The van der Waals surface area contributed by atoms with Gasteiger partial charge in [0.2, 0.25) is 0 Å². The Kier molecular flexibility index (Phi) is 5.49. The predicted octanol–water partition coefficient (Wildman–Crippen LogP) is 3.31. The monoisotopic (exact) mass is 353 g/mol. The predicted molar refractivity (Wildman–Crippen MR) is 93.7 cm³/mol. The molecule has 0 bridgehead atoms. The molecule has 0 aliphatic heterocycles. The van der Waals surface area contributed by atoms with Crippen LogP contribution < -0.4 is 15.2 Å². The van der Waals surface area contributed by atoms with Gasteiger partial charge in [0.25, 0.3) is 5.56 Å². The van der Waals surface area contributed by atoms with Gasteiger partial charge in [-0.15, -0.1) is 0 Å². The average Bonchev–Trinajstić information content (AvgIpc) is 2.50. The molecule has 0 fully saturated rings. The fourth-order valence-electron chi connectivity index (χ4n) is 2.12. The van der Waals surface area contributed by atoms with Crippen LogP contribution in [-0.4, -0.2) is 30.0 Å². The van der Waals surface area contributed by atoms with Gasteiger partial charge in [0, 0.05) is 7.05 Å². The van der Waals surface area contributed by atoms with E-state index in [0.29, 0.717) is 24.6 Å². The molecule has 7 heteroatoms. The van der Waals surface area contributed by atoms with E-state index in [9.17, 15) is 9.18 Å². The van der Waals surface area contributed by atoms with E-state index in [1.54, 1.807) is 30.3 Å². The number of rotatable bonds is 5. The lowest BCUT2D eigenvalue weighted by Crippen LogP contribution is -2.37. The van der Waals surface area contributed by atoms with Crippen LogP contribution in [0.1, 0.15) is 20.8 Å². The summed E-state index contributed by atoms with van der Waals surface area (Å²) in [6, 6.07) is 5.81. The van der Waals surface area contributed by atoms with Crippen molar-refractivity contribution < 1.29 is 9.13 Å². The lowest BCUT2D eigenvalue weighted by molar-refractivity contribution is 0.324. The molecular formula is C17H21ClFN3O2. The first-order valence-corrected chi connectivity index (χ1v) is 7.96. The van der Waals surface area contributed by atoms with Crippen LogP contribution in [0.2, 0.25) is 5.02 Å². The van der Waals surface area contributed by atoms with Gasteiger partial charge in [0.1, 0.15) is 23.2 Å². The second-order valence-corrected chi connectivity index (χ2v) is 6.83. The van der Waals surface area contributed by atoms with Gasteiger partial charge in [0.15, 0.2) is 0 Å². The van der Waals surface area contributed by atoms with Gasteiger partial charge in [-0.2, -0.15) is 5.10 Å². The third-order valence-electron chi connectivity index (χ3n) is 3.46. The van der Waals surface area contributed by atoms with Crippen LogP contribution in [0.15, 0.2) is 35.3 Å². The third-order valence-corrected chi connectivity index (χ3v) is 3.81. The van der Waals surface area contributed by atoms with Crippen LogP contribution >= 0.6 is 11.6 Å². The highest BCUT2D eigenvalue weighted by Crippen LogP contribution is 2.21. The van der Waals surface area contributed by atoms with E-state index in [1.807, 2.05) is 20.8 Å². The van der Waals surface area contributed by atoms with Crippen molar-refractivity contribution in [2.24, 2.45) is 0 Å². The summed E-state index contributed by atoms with van der Waals surface area (Å²) in [7, 11) is 1.80. The Labute approximate surface area is 145 Å². The fraction of sp³-hybridized carbons (Fsp3) is 0.412. The minimum Gasteiger partial charge on any atom is -0.492 e. The maximum atomic E-state index is 12.8. The molecule has 0 saturated carbocycles. The molecule has 0 aliphatic carbocycles. The summed E-state index contributed by atoms with van der Waals surface area (Å²) in [5.41, 5.74) is -0.221. The molecule has 0 spiro atoms. The zero-order valence-electron chi connectivity index (χ0n) is 14.2. The molecule has 0 saturated heterocycles. The summed E-state index contributed by atoms with van der Waals surface area (Å²) in [5, 5.41) is 4.33. The van der Waals surface area contributed by atoms with Crippen molar-refractivity contribution >= 4 is 17.3 Å². The molecule has 2 rings (SSSR count). The first-order chi connectivity index (χ1) is 11.2. The number of hydrogen-bond donors (Lipinski definition) is 0. The van der Waals surface area contributed by atoms with E-state index in [0.717, 1.165) is 0 Å². The van der Waals surface area contributed by atoms with Gasteiger partial charge >= 0.3 is 0 Å². The highest BCUT2D eigenvalue weighted by Gasteiger charge is 2.20. The first kappa shape index (κ1) is 18.3. The van der Waals surface area contributed by atoms with Crippen molar-refractivity contribution in [3.05, 3.63) is 51.7 Å². The molecule has 5 nitrogen and oxygen atoms in total. The van der Waals surface area contributed by atoms with E-state index in [4.69, 9.17) is 16.3 Å². The van der Waals surface area contributed by atoms with Crippen molar-refractivity contribution in [3.8, 4) is 5.75 Å². The average molecular weight is 354 g/mol. The Hall–Kier alpha value is -2.08. The van der Waals surface area contributed by atoms with Gasteiger partial charge in [-0.05, 0) is 45.0 Å². The Morgan fingerprint density at radius 2 is 1.92 bits per heavy atom. The molecule has 0 atom stereocenters. The van der Waals surface area contributed by atoms with Crippen LogP contribution in [0.25, 0.3) is 0 Å². The largest absolute Gasteiger partial charge is 0.492 e. The SMILES string of the molecule is CN(CCOc1ccc(F)cc1)c1cnn(C(C)(C)C)c(=O)c1Cl. The van der Waals surface area contributed by atoms with E-state index >= 15 is 0 Å². The number of nitrogens with zero attached hydrogens (tertiary/aromatic N) is 3. The van der Waals surface area contributed by atoms with E-state index in [1.165, 1.54) is 16.8 Å². The molecule has 1 aromatic carbocycles. The second-order valence-electron chi connectivity index (χ2n) is 6.46. The topological polar surface area (TPSA) is 47.4 Å². The van der Waals surface area contributed by atoms with Gasteiger partial charge in [0.05, 0.1) is 24.0 Å². The number of hydrogen-bond acceptors (Lipinski definition) is 4. The Morgan fingerprint density at radius 3 is 2.50 bits per heavy atom. The zero-order chi connectivity index (χ0) is 17.9. The van der Waals surface area contributed by atoms with Crippen LogP contribution in [0.3, 0.4) is 0 Å². The van der Waals surface area contributed by atoms with Gasteiger partial charge < -0.3 is 9.64 Å².